The van der Waals surface area contributed by atoms with Gasteiger partial charge in [0.05, 0.1) is 11.0 Å². The molecule has 2 rings (SSSR count). The maximum absolute atomic E-state index is 10.9. The van der Waals surface area contributed by atoms with E-state index in [0.717, 1.165) is 23.0 Å². The van der Waals surface area contributed by atoms with Gasteiger partial charge in [-0.1, -0.05) is 12.1 Å². The van der Waals surface area contributed by atoms with E-state index >= 15 is 0 Å². The average molecular weight is 192 g/mol. The summed E-state index contributed by atoms with van der Waals surface area (Å²) >= 11 is 1.15. The fourth-order valence-electron chi connectivity index (χ4n) is 1.15. The Kier molecular flexibility index (Phi) is 2.06. The molecule has 4 heteroatoms. The number of carbonyl (C=O) groups excluding carboxylic acids is 1. The van der Waals surface area contributed by atoms with Crippen molar-refractivity contribution in [3.05, 3.63) is 30.6 Å². The minimum atomic E-state index is 0.0585. The third-order valence-electron chi connectivity index (χ3n) is 1.65. The molecular weight excluding hydrogens is 184 g/mol. The molecule has 66 valence electrons. The normalized spacial score (nSPS) is 10.5. The van der Waals surface area contributed by atoms with Gasteiger partial charge in [-0.3, -0.25) is 8.77 Å². The second kappa shape index (κ2) is 3.22. The topological polar surface area (TPSA) is 34.9 Å². The monoisotopic (exact) mass is 192 g/mol. The highest BCUT2D eigenvalue weighted by Crippen LogP contribution is 2.17. The molecule has 0 bridgehead atoms. The summed E-state index contributed by atoms with van der Waals surface area (Å²) in [5.41, 5.74) is 1.89. The van der Waals surface area contributed by atoms with Crippen LogP contribution in [0.1, 0.15) is 6.92 Å². The van der Waals surface area contributed by atoms with Crippen LogP contribution < -0.4 is 0 Å². The van der Waals surface area contributed by atoms with Crippen molar-refractivity contribution < 1.29 is 4.79 Å². The molecule has 0 aliphatic rings. The van der Waals surface area contributed by atoms with Gasteiger partial charge in [0.15, 0.2) is 0 Å². The molecule has 1 heterocycles. The van der Waals surface area contributed by atoms with Crippen LogP contribution in [0.15, 0.2) is 30.6 Å². The van der Waals surface area contributed by atoms with Gasteiger partial charge < -0.3 is 0 Å². The van der Waals surface area contributed by atoms with E-state index in [-0.39, 0.29) is 5.12 Å². The van der Waals surface area contributed by atoms with E-state index < -0.39 is 0 Å². The van der Waals surface area contributed by atoms with Crippen molar-refractivity contribution in [2.45, 2.75) is 6.92 Å². The SMILES string of the molecule is CC(=O)Sn1cnc2ccccc21. The standard InChI is InChI=1S/C9H8N2OS/c1-7(12)13-11-6-10-8-4-2-3-5-9(8)11/h2-6H,1H3. The number of fused-ring (bicyclic) bond motifs is 1. The minimum absolute atomic E-state index is 0.0585. The lowest BCUT2D eigenvalue weighted by molar-refractivity contribution is -0.109. The Balaban J connectivity index is 2.51. The van der Waals surface area contributed by atoms with E-state index in [1.54, 1.807) is 17.2 Å². The number of imidazole rings is 1. The summed E-state index contributed by atoms with van der Waals surface area (Å²) in [7, 11) is 0. The third kappa shape index (κ3) is 1.58. The summed E-state index contributed by atoms with van der Waals surface area (Å²) in [5, 5.41) is 0.0585. The molecule has 2 aromatic rings. The predicted molar refractivity (Wildman–Crippen MR) is 53.4 cm³/mol. The molecule has 0 unspecified atom stereocenters. The summed E-state index contributed by atoms with van der Waals surface area (Å²) in [6, 6.07) is 7.73. The summed E-state index contributed by atoms with van der Waals surface area (Å²) in [4.78, 5) is 15.0. The maximum Gasteiger partial charge on any atom is 0.206 e. The van der Waals surface area contributed by atoms with Gasteiger partial charge in [0.25, 0.3) is 0 Å². The number of hydrogen-bond acceptors (Lipinski definition) is 3. The highest BCUT2D eigenvalue weighted by atomic mass is 32.2. The van der Waals surface area contributed by atoms with Crippen LogP contribution >= 0.6 is 11.9 Å². The van der Waals surface area contributed by atoms with Crippen molar-refractivity contribution in [3.8, 4) is 0 Å². The van der Waals surface area contributed by atoms with Crippen LogP contribution in [-0.2, 0) is 4.79 Å². The molecule has 1 aromatic carbocycles. The zero-order valence-electron chi connectivity index (χ0n) is 7.10. The Labute approximate surface area is 79.9 Å². The molecular formula is C9H8N2OS. The zero-order chi connectivity index (χ0) is 9.26. The van der Waals surface area contributed by atoms with Gasteiger partial charge in [-0.05, 0) is 12.1 Å². The molecule has 0 aliphatic heterocycles. The summed E-state index contributed by atoms with van der Waals surface area (Å²) in [5.74, 6) is 0. The van der Waals surface area contributed by atoms with E-state index in [1.807, 2.05) is 24.3 Å². The molecule has 13 heavy (non-hydrogen) atoms. The Bertz CT molecular complexity index is 450. The smallest absolute Gasteiger partial charge is 0.206 e. The largest absolute Gasteiger partial charge is 0.286 e. The van der Waals surface area contributed by atoms with Crippen molar-refractivity contribution in [1.82, 2.24) is 8.96 Å². The van der Waals surface area contributed by atoms with Crippen LogP contribution in [-0.4, -0.2) is 14.1 Å². The number of rotatable bonds is 1. The van der Waals surface area contributed by atoms with Crippen molar-refractivity contribution >= 4 is 28.1 Å². The molecule has 0 fully saturated rings. The quantitative estimate of drug-likeness (QED) is 0.693. The average Bonchev–Trinajstić information content (AvgIpc) is 2.48. The van der Waals surface area contributed by atoms with Crippen molar-refractivity contribution in [1.29, 1.82) is 0 Å². The van der Waals surface area contributed by atoms with Gasteiger partial charge in [0.1, 0.15) is 6.33 Å². The van der Waals surface area contributed by atoms with E-state index in [1.165, 1.54) is 0 Å². The van der Waals surface area contributed by atoms with Gasteiger partial charge in [-0.15, -0.1) is 0 Å². The lowest BCUT2D eigenvalue weighted by atomic mass is 10.3. The number of nitrogens with zero attached hydrogens (tertiary/aromatic N) is 2. The highest BCUT2D eigenvalue weighted by molar-refractivity contribution is 8.12. The molecule has 0 aliphatic carbocycles. The summed E-state index contributed by atoms with van der Waals surface area (Å²) < 4.78 is 1.78. The highest BCUT2D eigenvalue weighted by Gasteiger charge is 2.03. The van der Waals surface area contributed by atoms with Crippen LogP contribution in [0.25, 0.3) is 11.0 Å². The van der Waals surface area contributed by atoms with Gasteiger partial charge in [0.2, 0.25) is 5.12 Å². The first-order valence-corrected chi connectivity index (χ1v) is 4.66. The maximum atomic E-state index is 10.9. The first-order chi connectivity index (χ1) is 6.27. The number of aromatic nitrogens is 2. The molecule has 3 nitrogen and oxygen atoms in total. The molecule has 0 radical (unpaired) electrons. The molecule has 0 spiro atoms. The second-order valence-corrected chi connectivity index (χ2v) is 3.79. The number of carbonyl (C=O) groups is 1. The summed E-state index contributed by atoms with van der Waals surface area (Å²) in [6.45, 7) is 1.54. The molecule has 0 saturated heterocycles. The van der Waals surface area contributed by atoms with Crippen molar-refractivity contribution in [2.24, 2.45) is 0 Å². The van der Waals surface area contributed by atoms with Gasteiger partial charge >= 0.3 is 0 Å². The van der Waals surface area contributed by atoms with Gasteiger partial charge in [-0.25, -0.2) is 4.98 Å². The molecule has 0 atom stereocenters. The van der Waals surface area contributed by atoms with Gasteiger partial charge in [-0.2, -0.15) is 0 Å². The number of hydrogen-bond donors (Lipinski definition) is 0. The van der Waals surface area contributed by atoms with E-state index in [9.17, 15) is 4.79 Å². The molecule has 0 saturated carbocycles. The van der Waals surface area contributed by atoms with Crippen LogP contribution in [0.2, 0.25) is 0 Å². The predicted octanol–water partition coefficient (Wildman–Crippen LogP) is 2.08. The van der Waals surface area contributed by atoms with Crippen molar-refractivity contribution in [3.63, 3.8) is 0 Å². The first-order valence-electron chi connectivity index (χ1n) is 3.88. The van der Waals surface area contributed by atoms with Crippen molar-refractivity contribution in [2.75, 3.05) is 0 Å². The Morgan fingerprint density at radius 1 is 1.46 bits per heavy atom. The second-order valence-electron chi connectivity index (χ2n) is 2.64. The lowest BCUT2D eigenvalue weighted by Gasteiger charge is -1.97. The Morgan fingerprint density at radius 2 is 2.23 bits per heavy atom. The van der Waals surface area contributed by atoms with Gasteiger partial charge in [0, 0.05) is 18.9 Å². The Hall–Kier alpha value is -1.29. The third-order valence-corrected chi connectivity index (χ3v) is 2.39. The number of benzene rings is 1. The molecule has 1 aromatic heterocycles. The fourth-order valence-corrected chi connectivity index (χ4v) is 1.77. The first kappa shape index (κ1) is 8.31. The van der Waals surface area contributed by atoms with Crippen LogP contribution in [0.3, 0.4) is 0 Å². The number of para-hydroxylation sites is 2. The van der Waals surface area contributed by atoms with Crippen LogP contribution in [0, 0.1) is 0 Å². The fraction of sp³-hybridized carbons (Fsp3) is 0.111. The molecule has 0 amide bonds. The van der Waals surface area contributed by atoms with E-state index in [2.05, 4.69) is 4.98 Å². The van der Waals surface area contributed by atoms with E-state index in [4.69, 9.17) is 0 Å². The summed E-state index contributed by atoms with van der Waals surface area (Å²) in [6.07, 6.45) is 1.66. The zero-order valence-corrected chi connectivity index (χ0v) is 7.91. The Morgan fingerprint density at radius 3 is 3.00 bits per heavy atom. The molecule has 0 N–H and O–H groups in total. The lowest BCUT2D eigenvalue weighted by Crippen LogP contribution is -1.89. The minimum Gasteiger partial charge on any atom is -0.286 e. The van der Waals surface area contributed by atoms with Crippen LogP contribution in [0.5, 0.6) is 0 Å². The van der Waals surface area contributed by atoms with Crippen LogP contribution in [0.4, 0.5) is 0 Å². The van der Waals surface area contributed by atoms with E-state index in [0.29, 0.717) is 0 Å².